The molecule has 0 bridgehead atoms. The number of ether oxygens (including phenoxy) is 1. The molecule has 3 fully saturated rings. The first-order valence-corrected chi connectivity index (χ1v) is 14.0. The summed E-state index contributed by atoms with van der Waals surface area (Å²) in [6, 6.07) is 1.20. The molecule has 1 aliphatic heterocycles. The number of piperidine rings is 1. The molecule has 1 amide bonds. The molecule has 2 aliphatic carbocycles. The Balaban J connectivity index is 1.30. The third-order valence-electron chi connectivity index (χ3n) is 8.03. The van der Waals surface area contributed by atoms with Gasteiger partial charge in [-0.2, -0.15) is 9.97 Å². The zero-order valence-corrected chi connectivity index (χ0v) is 21.8. The van der Waals surface area contributed by atoms with Crippen LogP contribution in [-0.4, -0.2) is 74.1 Å². The second-order valence-electron chi connectivity index (χ2n) is 10.7. The highest BCUT2D eigenvalue weighted by Gasteiger charge is 2.27. The number of anilines is 2. The molecule has 4 N–H and O–H groups in total. The normalized spacial score (nSPS) is 23.4. The van der Waals surface area contributed by atoms with Crippen LogP contribution in [0.5, 0.6) is 0 Å². The fourth-order valence-electron chi connectivity index (χ4n) is 5.89. The molecule has 37 heavy (non-hydrogen) atoms. The van der Waals surface area contributed by atoms with Gasteiger partial charge < -0.3 is 30.6 Å². The van der Waals surface area contributed by atoms with Crippen LogP contribution in [0, 0.1) is 0 Å². The van der Waals surface area contributed by atoms with Crippen molar-refractivity contribution in [3.8, 4) is 0 Å². The van der Waals surface area contributed by atoms with E-state index in [1.54, 1.807) is 11.8 Å². The predicted molar refractivity (Wildman–Crippen MR) is 141 cm³/mol. The predicted octanol–water partition coefficient (Wildman–Crippen LogP) is 2.98. The smallest absolute Gasteiger partial charge is 0.315 e. The summed E-state index contributed by atoms with van der Waals surface area (Å²) in [5.41, 5.74) is 7.78. The standard InChI is InChI=1S/C26H40N8O3/c1-2-37-22(36)15-21(35)33-13-11-19(12-14-33)29-24-23-25(34(16-28-23)20-5-3-4-6-20)32-26(31-24)30-18-9-7-17(27)8-10-18/h16-20H,2-15,27H2,1H3,(H2,29,30,31,32)/t17-,18-. The number of imidazole rings is 1. The minimum absolute atomic E-state index is 0.155. The van der Waals surface area contributed by atoms with Crippen LogP contribution < -0.4 is 16.4 Å². The van der Waals surface area contributed by atoms with Crippen molar-refractivity contribution in [3.05, 3.63) is 6.33 Å². The summed E-state index contributed by atoms with van der Waals surface area (Å²) in [6.45, 7) is 3.21. The molecule has 11 heteroatoms. The van der Waals surface area contributed by atoms with E-state index in [0.717, 1.165) is 68.3 Å². The number of nitrogens with one attached hydrogen (secondary N) is 2. The van der Waals surface area contributed by atoms with E-state index in [9.17, 15) is 9.59 Å². The number of amides is 1. The number of carbonyl (C=O) groups is 2. The van der Waals surface area contributed by atoms with E-state index in [1.165, 1.54) is 12.8 Å². The molecule has 5 rings (SSSR count). The molecular formula is C26H40N8O3. The first-order chi connectivity index (χ1) is 18.0. The van der Waals surface area contributed by atoms with E-state index in [1.807, 2.05) is 6.33 Å². The van der Waals surface area contributed by atoms with Crippen molar-refractivity contribution in [2.75, 3.05) is 30.3 Å². The first-order valence-electron chi connectivity index (χ1n) is 14.0. The number of rotatable bonds is 8. The summed E-state index contributed by atoms with van der Waals surface area (Å²) in [5, 5.41) is 7.19. The molecule has 1 saturated heterocycles. The fourth-order valence-corrected chi connectivity index (χ4v) is 5.89. The van der Waals surface area contributed by atoms with Gasteiger partial charge in [0.05, 0.1) is 12.9 Å². The van der Waals surface area contributed by atoms with Crippen LogP contribution in [0.4, 0.5) is 11.8 Å². The molecule has 11 nitrogen and oxygen atoms in total. The average Bonchev–Trinajstić information content (AvgIpc) is 3.56. The van der Waals surface area contributed by atoms with Crippen molar-refractivity contribution in [2.45, 2.75) is 102 Å². The molecule has 2 aromatic rings. The summed E-state index contributed by atoms with van der Waals surface area (Å²) < 4.78 is 7.15. The zero-order valence-electron chi connectivity index (χ0n) is 21.8. The molecule has 0 radical (unpaired) electrons. The van der Waals surface area contributed by atoms with E-state index in [0.29, 0.717) is 31.1 Å². The van der Waals surface area contributed by atoms with Crippen LogP contribution in [0.2, 0.25) is 0 Å². The number of carbonyl (C=O) groups excluding carboxylic acids is 2. The van der Waals surface area contributed by atoms with Gasteiger partial charge in [-0.3, -0.25) is 9.59 Å². The number of fused-ring (bicyclic) bond motifs is 1. The highest BCUT2D eigenvalue weighted by molar-refractivity contribution is 5.94. The van der Waals surface area contributed by atoms with Crippen molar-refractivity contribution in [2.24, 2.45) is 5.73 Å². The molecule has 2 aromatic heterocycles. The Morgan fingerprint density at radius 1 is 1.00 bits per heavy atom. The number of nitrogens with two attached hydrogens (primary N) is 1. The lowest BCUT2D eigenvalue weighted by atomic mass is 9.92. The quantitative estimate of drug-likeness (QED) is 0.360. The van der Waals surface area contributed by atoms with Crippen molar-refractivity contribution in [3.63, 3.8) is 0 Å². The fraction of sp³-hybridized carbons (Fsp3) is 0.731. The Morgan fingerprint density at radius 3 is 2.41 bits per heavy atom. The summed E-state index contributed by atoms with van der Waals surface area (Å²) in [7, 11) is 0. The van der Waals surface area contributed by atoms with E-state index in [4.69, 9.17) is 25.4 Å². The van der Waals surface area contributed by atoms with Crippen molar-refractivity contribution < 1.29 is 14.3 Å². The van der Waals surface area contributed by atoms with Crippen LogP contribution in [0.25, 0.3) is 11.2 Å². The van der Waals surface area contributed by atoms with Gasteiger partial charge >= 0.3 is 5.97 Å². The zero-order chi connectivity index (χ0) is 25.8. The van der Waals surface area contributed by atoms with Gasteiger partial charge in [-0.25, -0.2) is 4.98 Å². The van der Waals surface area contributed by atoms with Crippen LogP contribution in [0.15, 0.2) is 6.33 Å². The minimum atomic E-state index is -0.464. The van der Waals surface area contributed by atoms with Gasteiger partial charge in [0, 0.05) is 37.3 Å². The maximum atomic E-state index is 12.5. The summed E-state index contributed by atoms with van der Waals surface area (Å²) in [5.74, 6) is 0.745. The third kappa shape index (κ3) is 6.14. The monoisotopic (exact) mass is 512 g/mol. The molecule has 2 saturated carbocycles. The van der Waals surface area contributed by atoms with Gasteiger partial charge in [0.15, 0.2) is 17.0 Å². The molecule has 0 spiro atoms. The molecule has 3 aliphatic rings. The third-order valence-corrected chi connectivity index (χ3v) is 8.03. The van der Waals surface area contributed by atoms with E-state index >= 15 is 0 Å². The largest absolute Gasteiger partial charge is 0.466 e. The van der Waals surface area contributed by atoms with Crippen LogP contribution in [-0.2, 0) is 14.3 Å². The Labute approximate surface area is 217 Å². The Bertz CT molecular complexity index is 1080. The molecular weight excluding hydrogens is 472 g/mol. The molecule has 202 valence electrons. The van der Waals surface area contributed by atoms with Gasteiger partial charge in [0.2, 0.25) is 11.9 Å². The molecule has 0 unspecified atom stereocenters. The van der Waals surface area contributed by atoms with Gasteiger partial charge in [0.25, 0.3) is 0 Å². The molecule has 3 heterocycles. The van der Waals surface area contributed by atoms with E-state index in [2.05, 4.69) is 15.2 Å². The second kappa shape index (κ2) is 11.6. The topological polar surface area (TPSA) is 140 Å². The van der Waals surface area contributed by atoms with Crippen molar-refractivity contribution in [1.82, 2.24) is 24.4 Å². The SMILES string of the molecule is CCOC(=O)CC(=O)N1CCC(Nc2nc(N[C@H]3CC[C@H](N)CC3)nc3c2ncn3C2CCCC2)CC1. The number of likely N-dealkylation sites (tertiary alicyclic amines) is 1. The van der Waals surface area contributed by atoms with Gasteiger partial charge in [-0.15, -0.1) is 0 Å². The molecule has 0 aromatic carbocycles. The minimum Gasteiger partial charge on any atom is -0.466 e. The number of nitrogens with zero attached hydrogens (tertiary/aromatic N) is 5. The van der Waals surface area contributed by atoms with Gasteiger partial charge in [-0.05, 0) is 58.3 Å². The summed E-state index contributed by atoms with van der Waals surface area (Å²) in [6.07, 6.45) is 12.1. The Kier molecular flexibility index (Phi) is 8.07. The van der Waals surface area contributed by atoms with Crippen molar-refractivity contribution >= 4 is 34.8 Å². The number of esters is 1. The number of hydrogen-bond donors (Lipinski definition) is 3. The highest BCUT2D eigenvalue weighted by Crippen LogP contribution is 2.34. The van der Waals surface area contributed by atoms with Crippen LogP contribution in [0.1, 0.15) is 83.6 Å². The second-order valence-corrected chi connectivity index (χ2v) is 10.7. The highest BCUT2D eigenvalue weighted by atomic mass is 16.5. The van der Waals surface area contributed by atoms with Crippen molar-refractivity contribution in [1.29, 1.82) is 0 Å². The van der Waals surface area contributed by atoms with Gasteiger partial charge in [-0.1, -0.05) is 12.8 Å². The lowest BCUT2D eigenvalue weighted by Crippen LogP contribution is -2.43. The van der Waals surface area contributed by atoms with E-state index < -0.39 is 5.97 Å². The maximum absolute atomic E-state index is 12.5. The lowest BCUT2D eigenvalue weighted by molar-refractivity contribution is -0.148. The Hall–Kier alpha value is -2.95. The average molecular weight is 513 g/mol. The van der Waals surface area contributed by atoms with Crippen LogP contribution in [0.3, 0.4) is 0 Å². The summed E-state index contributed by atoms with van der Waals surface area (Å²) in [4.78, 5) is 40.5. The summed E-state index contributed by atoms with van der Waals surface area (Å²) >= 11 is 0. The maximum Gasteiger partial charge on any atom is 0.315 e. The molecule has 0 atom stereocenters. The van der Waals surface area contributed by atoms with Gasteiger partial charge in [0.1, 0.15) is 6.42 Å². The Morgan fingerprint density at radius 2 is 1.70 bits per heavy atom. The number of aromatic nitrogens is 4. The number of hydrogen-bond acceptors (Lipinski definition) is 9. The lowest BCUT2D eigenvalue weighted by Gasteiger charge is -2.32. The van der Waals surface area contributed by atoms with E-state index in [-0.39, 0.29) is 31.0 Å². The van der Waals surface area contributed by atoms with Crippen LogP contribution >= 0.6 is 0 Å². The first kappa shape index (κ1) is 25.7.